The van der Waals surface area contributed by atoms with E-state index in [-0.39, 0.29) is 19.1 Å². The van der Waals surface area contributed by atoms with Gasteiger partial charge >= 0.3 is 0 Å². The van der Waals surface area contributed by atoms with Crippen LogP contribution in [0.1, 0.15) is 22.5 Å². The molecule has 0 saturated carbocycles. The Morgan fingerprint density at radius 2 is 1.82 bits per heavy atom. The Morgan fingerprint density at radius 3 is 2.58 bits per heavy atom. The van der Waals surface area contributed by atoms with Crippen LogP contribution in [0.3, 0.4) is 0 Å². The summed E-state index contributed by atoms with van der Waals surface area (Å²) in [5.74, 6) is 1.56. The number of benzene rings is 3. The number of rotatable bonds is 9. The zero-order valence-corrected chi connectivity index (χ0v) is 23.6. The molecule has 10 heteroatoms. The largest absolute Gasteiger partial charge is 0.493 e. The van der Waals surface area contributed by atoms with Crippen LogP contribution in [-0.4, -0.2) is 29.3 Å². The third-order valence-electron chi connectivity index (χ3n) is 5.82. The van der Waals surface area contributed by atoms with Gasteiger partial charge in [0.1, 0.15) is 12.4 Å². The van der Waals surface area contributed by atoms with Gasteiger partial charge in [-0.2, -0.15) is 5.10 Å². The quantitative estimate of drug-likeness (QED) is 0.113. The first-order valence-electron chi connectivity index (χ1n) is 12.1. The van der Waals surface area contributed by atoms with E-state index in [2.05, 4.69) is 10.2 Å². The van der Waals surface area contributed by atoms with Gasteiger partial charge in [-0.3, -0.25) is 9.69 Å². The predicted molar refractivity (Wildman–Crippen MR) is 160 cm³/mol. The van der Waals surface area contributed by atoms with E-state index in [9.17, 15) is 4.79 Å². The molecule has 0 atom stereocenters. The van der Waals surface area contributed by atoms with Crippen LogP contribution in [0.15, 0.2) is 105 Å². The molecule has 1 fully saturated rings. The van der Waals surface area contributed by atoms with Gasteiger partial charge in [0.05, 0.1) is 31.0 Å². The Morgan fingerprint density at radius 1 is 0.975 bits per heavy atom. The summed E-state index contributed by atoms with van der Waals surface area (Å²) in [7, 11) is 1.56. The second-order valence-electron chi connectivity index (χ2n) is 8.55. The van der Waals surface area contributed by atoms with E-state index in [1.807, 2.05) is 54.6 Å². The van der Waals surface area contributed by atoms with Crippen molar-refractivity contribution >= 4 is 58.3 Å². The number of furan rings is 1. The fourth-order valence-corrected chi connectivity index (χ4v) is 5.20. The number of amidine groups is 1. The van der Waals surface area contributed by atoms with E-state index < -0.39 is 0 Å². The van der Waals surface area contributed by atoms with Crippen LogP contribution in [0.5, 0.6) is 11.5 Å². The molecule has 1 amide bonds. The summed E-state index contributed by atoms with van der Waals surface area (Å²) in [6.07, 6.45) is 5.00. The number of hydrogen-bond acceptors (Lipinski definition) is 7. The molecule has 202 valence electrons. The van der Waals surface area contributed by atoms with Crippen molar-refractivity contribution < 1.29 is 18.7 Å². The molecule has 0 bridgehead atoms. The number of nitrogens with zero attached hydrogens (tertiary/aromatic N) is 3. The Kier molecular flexibility index (Phi) is 8.91. The number of carbonyl (C=O) groups excluding carboxylic acids is 1. The van der Waals surface area contributed by atoms with Crippen LogP contribution in [0.2, 0.25) is 10.0 Å². The van der Waals surface area contributed by atoms with Crippen molar-refractivity contribution in [2.45, 2.75) is 13.2 Å². The van der Waals surface area contributed by atoms with E-state index in [4.69, 9.17) is 37.1 Å². The van der Waals surface area contributed by atoms with E-state index in [0.717, 1.165) is 16.7 Å². The van der Waals surface area contributed by atoms with Gasteiger partial charge < -0.3 is 13.9 Å². The molecule has 7 nitrogen and oxygen atoms in total. The molecule has 0 unspecified atom stereocenters. The van der Waals surface area contributed by atoms with Gasteiger partial charge in [0.2, 0.25) is 0 Å². The monoisotopic (exact) mass is 591 g/mol. The second-order valence-corrected chi connectivity index (χ2v) is 10.4. The van der Waals surface area contributed by atoms with Gasteiger partial charge in [-0.1, -0.05) is 59.6 Å². The van der Waals surface area contributed by atoms with Crippen LogP contribution < -0.4 is 9.47 Å². The molecular weight excluding hydrogens is 569 g/mol. The van der Waals surface area contributed by atoms with Crippen LogP contribution in [-0.2, 0) is 17.9 Å². The molecule has 1 aliphatic heterocycles. The molecule has 1 aliphatic rings. The van der Waals surface area contributed by atoms with Gasteiger partial charge in [-0.05, 0) is 71.4 Å². The van der Waals surface area contributed by atoms with Gasteiger partial charge in [0.25, 0.3) is 5.91 Å². The van der Waals surface area contributed by atoms with Gasteiger partial charge in [-0.15, -0.1) is 5.10 Å². The lowest BCUT2D eigenvalue weighted by Crippen LogP contribution is -2.28. The Hall–Kier alpha value is -3.98. The summed E-state index contributed by atoms with van der Waals surface area (Å²) in [5.41, 5.74) is 2.47. The van der Waals surface area contributed by atoms with E-state index in [1.165, 1.54) is 11.8 Å². The summed E-state index contributed by atoms with van der Waals surface area (Å²) in [4.78, 5) is 15.3. The van der Waals surface area contributed by atoms with E-state index in [1.54, 1.807) is 54.8 Å². The molecule has 0 aliphatic carbocycles. The van der Waals surface area contributed by atoms with Crippen molar-refractivity contribution in [2.75, 3.05) is 7.11 Å². The maximum absolute atomic E-state index is 13.2. The average Bonchev–Trinajstić information content (AvgIpc) is 3.58. The number of carbonyl (C=O) groups is 1. The third kappa shape index (κ3) is 6.77. The van der Waals surface area contributed by atoms with Crippen molar-refractivity contribution in [3.8, 4) is 11.5 Å². The Balaban J connectivity index is 1.33. The molecule has 0 N–H and O–H groups in total. The minimum atomic E-state index is -0.164. The van der Waals surface area contributed by atoms with E-state index >= 15 is 0 Å². The third-order valence-corrected chi connectivity index (χ3v) is 7.40. The number of methoxy groups -OCH3 is 1. The summed E-state index contributed by atoms with van der Waals surface area (Å²) in [5, 5.41) is 10.2. The predicted octanol–water partition coefficient (Wildman–Crippen LogP) is 7.68. The lowest BCUT2D eigenvalue weighted by Gasteiger charge is -2.13. The van der Waals surface area contributed by atoms with Crippen molar-refractivity contribution in [1.82, 2.24) is 4.90 Å². The summed E-state index contributed by atoms with van der Waals surface area (Å²) < 4.78 is 16.9. The molecule has 0 radical (unpaired) electrons. The van der Waals surface area contributed by atoms with Crippen molar-refractivity contribution in [1.29, 1.82) is 0 Å². The van der Waals surface area contributed by atoms with Crippen LogP contribution in [0.4, 0.5) is 0 Å². The molecule has 3 aromatic carbocycles. The van der Waals surface area contributed by atoms with E-state index in [0.29, 0.717) is 37.4 Å². The second kappa shape index (κ2) is 12.9. The molecule has 1 saturated heterocycles. The summed E-state index contributed by atoms with van der Waals surface area (Å²) in [6.45, 7) is 0.500. The van der Waals surface area contributed by atoms with Crippen molar-refractivity contribution in [3.63, 3.8) is 0 Å². The molecular formula is C30H23Cl2N3O4S. The Bertz CT molecular complexity index is 1590. The van der Waals surface area contributed by atoms with Gasteiger partial charge in [0, 0.05) is 15.6 Å². The number of thioether (sulfide) groups is 1. The van der Waals surface area contributed by atoms with Gasteiger partial charge in [0.15, 0.2) is 16.7 Å². The van der Waals surface area contributed by atoms with Crippen molar-refractivity contribution in [2.24, 2.45) is 10.2 Å². The molecule has 0 spiro atoms. The molecule has 1 aromatic heterocycles. The normalized spacial score (nSPS) is 15.5. The number of hydrogen-bond donors (Lipinski definition) is 0. The SMILES string of the molecule is COc1cc(/C=N\N=C2\S/C(=C\c3ccccc3)C(=O)N2Cc2ccco2)ccc1OCc1ccc(Cl)cc1Cl. The topological polar surface area (TPSA) is 76.6 Å². The smallest absolute Gasteiger partial charge is 0.267 e. The highest BCUT2D eigenvalue weighted by molar-refractivity contribution is 8.18. The lowest BCUT2D eigenvalue weighted by molar-refractivity contribution is -0.122. The minimum Gasteiger partial charge on any atom is -0.493 e. The van der Waals surface area contributed by atoms with Crippen LogP contribution in [0.25, 0.3) is 6.08 Å². The summed E-state index contributed by atoms with van der Waals surface area (Å²) >= 11 is 13.5. The first-order chi connectivity index (χ1) is 19.5. The minimum absolute atomic E-state index is 0.164. The number of amides is 1. The highest BCUT2D eigenvalue weighted by Crippen LogP contribution is 2.34. The highest BCUT2D eigenvalue weighted by Gasteiger charge is 2.34. The lowest BCUT2D eigenvalue weighted by atomic mass is 10.2. The van der Waals surface area contributed by atoms with Crippen LogP contribution in [0, 0.1) is 0 Å². The average molecular weight is 593 g/mol. The molecule has 2 heterocycles. The summed E-state index contributed by atoms with van der Waals surface area (Å²) in [6, 6.07) is 23.9. The zero-order valence-electron chi connectivity index (χ0n) is 21.3. The number of halogens is 2. The molecule has 40 heavy (non-hydrogen) atoms. The number of ether oxygens (including phenoxy) is 2. The maximum atomic E-state index is 13.2. The van der Waals surface area contributed by atoms with Crippen molar-refractivity contribution in [3.05, 3.63) is 123 Å². The molecule has 4 aromatic rings. The molecule has 5 rings (SSSR count). The first-order valence-corrected chi connectivity index (χ1v) is 13.7. The fraction of sp³-hybridized carbons (Fsp3) is 0.100. The standard InChI is InChI=1S/C30H23Cl2N3O4S/c1-37-27-14-21(9-12-26(27)39-19-22-10-11-23(31)16-25(22)32)17-33-34-30-35(18-24-8-5-13-38-24)29(36)28(40-30)15-20-6-3-2-4-7-20/h2-17H,18-19H2,1H3/b28-15-,33-17-,34-30+. The maximum Gasteiger partial charge on any atom is 0.267 e. The van der Waals surface area contributed by atoms with Gasteiger partial charge in [-0.25, -0.2) is 0 Å². The van der Waals surface area contributed by atoms with Crippen LogP contribution >= 0.6 is 35.0 Å². The highest BCUT2D eigenvalue weighted by atomic mass is 35.5. The Labute approximate surface area is 245 Å². The first kappa shape index (κ1) is 27.6. The zero-order chi connectivity index (χ0) is 27.9. The fourth-order valence-electron chi connectivity index (χ4n) is 3.80.